The van der Waals surface area contributed by atoms with Crippen molar-refractivity contribution < 1.29 is 0 Å². The van der Waals surface area contributed by atoms with Crippen molar-refractivity contribution in [2.45, 2.75) is 18.1 Å². The highest BCUT2D eigenvalue weighted by molar-refractivity contribution is 7.81. The van der Waals surface area contributed by atoms with Crippen molar-refractivity contribution in [3.63, 3.8) is 0 Å². The summed E-state index contributed by atoms with van der Waals surface area (Å²) in [6.07, 6.45) is 2.59. The van der Waals surface area contributed by atoms with E-state index >= 15 is 0 Å². The van der Waals surface area contributed by atoms with E-state index in [-0.39, 0.29) is 12.4 Å². The van der Waals surface area contributed by atoms with Crippen LogP contribution in [0.15, 0.2) is 0 Å². The second-order valence-electron chi connectivity index (χ2n) is 2.00. The average molecular weight is 154 g/mol. The lowest BCUT2D eigenvalue weighted by Crippen LogP contribution is -2.29. The minimum absolute atomic E-state index is 0. The van der Waals surface area contributed by atoms with Crippen molar-refractivity contribution in [2.75, 3.05) is 13.1 Å². The molecule has 1 heterocycles. The van der Waals surface area contributed by atoms with Crippen LogP contribution < -0.4 is 5.32 Å². The fourth-order valence-electron chi connectivity index (χ4n) is 0.833. The minimum atomic E-state index is 0. The SMILES string of the molecule is Cl.SC1CCCNC1. The summed E-state index contributed by atoms with van der Waals surface area (Å²) in [6, 6.07) is 0. The molecule has 1 atom stereocenters. The molecule has 1 fully saturated rings. The zero-order chi connectivity index (χ0) is 5.11. The lowest BCUT2D eigenvalue weighted by molar-refractivity contribution is 0.533. The molecule has 50 valence electrons. The second kappa shape index (κ2) is 4.48. The summed E-state index contributed by atoms with van der Waals surface area (Å²) < 4.78 is 0. The summed E-state index contributed by atoms with van der Waals surface area (Å²) in [5.74, 6) is 0. The van der Waals surface area contributed by atoms with Crippen LogP contribution in [0, 0.1) is 0 Å². The Kier molecular flexibility index (Phi) is 4.81. The fourth-order valence-corrected chi connectivity index (χ4v) is 1.15. The number of nitrogens with one attached hydrogen (secondary N) is 1. The van der Waals surface area contributed by atoms with Crippen molar-refractivity contribution >= 4 is 25.0 Å². The standard InChI is InChI=1S/C5H11NS.ClH/c7-5-2-1-3-6-4-5;/h5-7H,1-4H2;1H. The monoisotopic (exact) mass is 153 g/mol. The van der Waals surface area contributed by atoms with Gasteiger partial charge in [0.1, 0.15) is 0 Å². The predicted octanol–water partition coefficient (Wildman–Crippen LogP) is 1.09. The van der Waals surface area contributed by atoms with Crippen LogP contribution in [0.4, 0.5) is 0 Å². The van der Waals surface area contributed by atoms with Gasteiger partial charge in [0.15, 0.2) is 0 Å². The molecule has 8 heavy (non-hydrogen) atoms. The number of hydrogen-bond donors (Lipinski definition) is 2. The Bertz CT molecular complexity index is 54.4. The van der Waals surface area contributed by atoms with E-state index in [1.165, 1.54) is 19.4 Å². The van der Waals surface area contributed by atoms with E-state index < -0.39 is 0 Å². The van der Waals surface area contributed by atoms with Gasteiger partial charge in [0.25, 0.3) is 0 Å². The summed E-state index contributed by atoms with van der Waals surface area (Å²) in [4.78, 5) is 0. The maximum absolute atomic E-state index is 4.30. The van der Waals surface area contributed by atoms with E-state index in [4.69, 9.17) is 0 Å². The van der Waals surface area contributed by atoms with Crippen LogP contribution in [0.25, 0.3) is 0 Å². The van der Waals surface area contributed by atoms with Gasteiger partial charge in [-0.1, -0.05) is 0 Å². The quantitative estimate of drug-likeness (QED) is 0.497. The van der Waals surface area contributed by atoms with Crippen LogP contribution in [0.5, 0.6) is 0 Å². The summed E-state index contributed by atoms with van der Waals surface area (Å²) in [5.41, 5.74) is 0. The van der Waals surface area contributed by atoms with Gasteiger partial charge in [-0.3, -0.25) is 0 Å². The van der Waals surface area contributed by atoms with Gasteiger partial charge in [-0.2, -0.15) is 12.6 Å². The highest BCUT2D eigenvalue weighted by atomic mass is 35.5. The molecule has 1 aliphatic rings. The van der Waals surface area contributed by atoms with Crippen LogP contribution in [-0.2, 0) is 0 Å². The third-order valence-electron chi connectivity index (χ3n) is 1.27. The molecule has 0 aromatic rings. The molecule has 1 N–H and O–H groups in total. The molecule has 1 aliphatic heterocycles. The van der Waals surface area contributed by atoms with Gasteiger partial charge in [-0.25, -0.2) is 0 Å². The summed E-state index contributed by atoms with van der Waals surface area (Å²) in [6.45, 7) is 2.29. The molecule has 1 rings (SSSR count). The van der Waals surface area contributed by atoms with E-state index in [9.17, 15) is 0 Å². The number of halogens is 1. The highest BCUT2D eigenvalue weighted by Gasteiger charge is 2.05. The van der Waals surface area contributed by atoms with Crippen molar-refractivity contribution in [3.05, 3.63) is 0 Å². The Hall–Kier alpha value is 0.600. The smallest absolute Gasteiger partial charge is 0.0142 e. The second-order valence-corrected chi connectivity index (χ2v) is 2.73. The van der Waals surface area contributed by atoms with Gasteiger partial charge in [0.05, 0.1) is 0 Å². The maximum Gasteiger partial charge on any atom is 0.0142 e. The van der Waals surface area contributed by atoms with Gasteiger partial charge in [0, 0.05) is 11.8 Å². The van der Waals surface area contributed by atoms with Gasteiger partial charge >= 0.3 is 0 Å². The van der Waals surface area contributed by atoms with Crippen molar-refractivity contribution in [3.8, 4) is 0 Å². The first kappa shape index (κ1) is 8.60. The fraction of sp³-hybridized carbons (Fsp3) is 1.00. The van der Waals surface area contributed by atoms with Crippen molar-refractivity contribution in [2.24, 2.45) is 0 Å². The molecule has 0 radical (unpaired) electrons. The first-order chi connectivity index (χ1) is 3.39. The van der Waals surface area contributed by atoms with Crippen LogP contribution >= 0.6 is 25.0 Å². The Morgan fingerprint density at radius 1 is 1.50 bits per heavy atom. The molecule has 0 aliphatic carbocycles. The van der Waals surface area contributed by atoms with Crippen molar-refractivity contribution in [1.29, 1.82) is 0 Å². The van der Waals surface area contributed by atoms with Gasteiger partial charge < -0.3 is 5.32 Å². The molecule has 0 saturated carbocycles. The third kappa shape index (κ3) is 2.80. The van der Waals surface area contributed by atoms with Crippen LogP contribution in [0.3, 0.4) is 0 Å². The van der Waals surface area contributed by atoms with Gasteiger partial charge in [-0.05, 0) is 19.4 Å². The van der Waals surface area contributed by atoms with E-state index in [1.54, 1.807) is 0 Å². The van der Waals surface area contributed by atoms with Crippen LogP contribution in [-0.4, -0.2) is 18.3 Å². The lowest BCUT2D eigenvalue weighted by Gasteiger charge is -2.16. The van der Waals surface area contributed by atoms with Gasteiger partial charge in [-0.15, -0.1) is 12.4 Å². The minimum Gasteiger partial charge on any atom is -0.316 e. The topological polar surface area (TPSA) is 12.0 Å². The molecular weight excluding hydrogens is 142 g/mol. The van der Waals surface area contributed by atoms with E-state index in [0.717, 1.165) is 6.54 Å². The van der Waals surface area contributed by atoms with E-state index in [0.29, 0.717) is 5.25 Å². The molecular formula is C5H12ClNS. The molecule has 0 aromatic carbocycles. The first-order valence-electron chi connectivity index (χ1n) is 2.78. The number of piperidine rings is 1. The molecule has 0 aromatic heterocycles. The summed E-state index contributed by atoms with van der Waals surface area (Å²) in [7, 11) is 0. The Labute approximate surface area is 62.1 Å². The van der Waals surface area contributed by atoms with Crippen LogP contribution in [0.2, 0.25) is 0 Å². The van der Waals surface area contributed by atoms with Crippen molar-refractivity contribution in [1.82, 2.24) is 5.32 Å². The molecule has 0 bridgehead atoms. The lowest BCUT2D eigenvalue weighted by atomic mass is 10.2. The predicted molar refractivity (Wildman–Crippen MR) is 42.1 cm³/mol. The highest BCUT2D eigenvalue weighted by Crippen LogP contribution is 2.06. The number of rotatable bonds is 0. The molecule has 1 nitrogen and oxygen atoms in total. The van der Waals surface area contributed by atoms with E-state index in [2.05, 4.69) is 17.9 Å². The first-order valence-corrected chi connectivity index (χ1v) is 3.30. The summed E-state index contributed by atoms with van der Waals surface area (Å²) >= 11 is 4.30. The number of hydrogen-bond acceptors (Lipinski definition) is 2. The number of thiol groups is 1. The molecule has 1 saturated heterocycles. The average Bonchev–Trinajstić information content (AvgIpc) is 1.69. The zero-order valence-corrected chi connectivity index (χ0v) is 6.47. The summed E-state index contributed by atoms with van der Waals surface area (Å²) in [5, 5.41) is 3.88. The molecule has 1 unspecified atom stereocenters. The van der Waals surface area contributed by atoms with Gasteiger partial charge in [0.2, 0.25) is 0 Å². The normalized spacial score (nSPS) is 28.9. The molecule has 0 amide bonds. The molecule has 0 spiro atoms. The maximum atomic E-state index is 4.30. The van der Waals surface area contributed by atoms with E-state index in [1.807, 2.05) is 0 Å². The Morgan fingerprint density at radius 3 is 2.50 bits per heavy atom. The molecule has 3 heteroatoms. The van der Waals surface area contributed by atoms with Crippen LogP contribution in [0.1, 0.15) is 12.8 Å². The Balaban J connectivity index is 0.000000490. The Morgan fingerprint density at radius 2 is 2.25 bits per heavy atom. The zero-order valence-electron chi connectivity index (χ0n) is 4.76. The largest absolute Gasteiger partial charge is 0.316 e. The third-order valence-corrected chi connectivity index (χ3v) is 1.71.